The monoisotopic (exact) mass is 562 g/mol. The fourth-order valence-electron chi connectivity index (χ4n) is 4.77. The molecule has 196 valence electrons. The topological polar surface area (TPSA) is 93.1 Å². The van der Waals surface area contributed by atoms with Crippen LogP contribution in [0.25, 0.3) is 0 Å². The van der Waals surface area contributed by atoms with Crippen LogP contribution in [0.4, 0.5) is 0 Å². The van der Waals surface area contributed by atoms with Gasteiger partial charge in [-0.15, -0.1) is 12.6 Å². The predicted molar refractivity (Wildman–Crippen MR) is 148 cm³/mol. The van der Waals surface area contributed by atoms with E-state index in [-0.39, 0.29) is 48.4 Å². The van der Waals surface area contributed by atoms with Crippen molar-refractivity contribution >= 4 is 61.2 Å². The Balaban J connectivity index is 2.56. The van der Waals surface area contributed by atoms with Gasteiger partial charge < -0.3 is 19.7 Å². The van der Waals surface area contributed by atoms with Crippen LogP contribution in [0.15, 0.2) is 47.2 Å². The lowest BCUT2D eigenvalue weighted by atomic mass is 9.64. The summed E-state index contributed by atoms with van der Waals surface area (Å²) in [4.78, 5) is 24.0. The van der Waals surface area contributed by atoms with E-state index in [4.69, 9.17) is 21.1 Å². The predicted octanol–water partition coefficient (Wildman–Crippen LogP) is 4.91. The number of ether oxygens (including phenoxy) is 2. The summed E-state index contributed by atoms with van der Waals surface area (Å²) < 4.78 is 10.5. The summed E-state index contributed by atoms with van der Waals surface area (Å²) in [7, 11) is 0. The Bertz CT molecular complexity index is 884. The average molecular weight is 563 g/mol. The number of hydrogen-bond donors (Lipinski definition) is 5. The highest BCUT2D eigenvalue weighted by molar-refractivity contribution is 7.82. The highest BCUT2D eigenvalue weighted by atomic mass is 35.5. The van der Waals surface area contributed by atoms with E-state index < -0.39 is 39.0 Å². The van der Waals surface area contributed by atoms with E-state index in [1.54, 1.807) is 19.1 Å². The third-order valence-corrected chi connectivity index (χ3v) is 7.83. The van der Waals surface area contributed by atoms with Gasteiger partial charge in [-0.3, -0.25) is 9.59 Å². The zero-order chi connectivity index (χ0) is 26.3. The Labute approximate surface area is 229 Å². The highest BCUT2D eigenvalue weighted by Gasteiger charge is 2.43. The summed E-state index contributed by atoms with van der Waals surface area (Å²) >= 11 is 18.9. The standard InChI is InChI=1S/C25H35ClO6S3/c1-4-17-16(11-25(30,35)12-31-13-33)9-10-18-14(2)7-5-6-8-15(3)32-24(29)23(34)22(28)20(26)21(27)19(17)18/h5-10,14-19,23,27,30,33-35H,4,11-13H2,1-3H3/b7-5-,8-6+,21-20?/t14-,15+,16-,17-,18+,19+,23+,25+/m1/s1. The maximum Gasteiger partial charge on any atom is 0.327 e. The van der Waals surface area contributed by atoms with Crippen LogP contribution in [0, 0.1) is 29.6 Å². The molecule has 0 amide bonds. The third kappa shape index (κ3) is 8.07. The van der Waals surface area contributed by atoms with E-state index in [2.05, 4.69) is 37.9 Å². The van der Waals surface area contributed by atoms with Crippen molar-refractivity contribution in [2.24, 2.45) is 29.6 Å². The molecule has 35 heavy (non-hydrogen) atoms. The van der Waals surface area contributed by atoms with Gasteiger partial charge in [0.05, 0.1) is 12.5 Å². The molecule has 0 spiro atoms. The smallest absolute Gasteiger partial charge is 0.327 e. The van der Waals surface area contributed by atoms with Crippen LogP contribution in [0.2, 0.25) is 0 Å². The van der Waals surface area contributed by atoms with Crippen molar-refractivity contribution < 1.29 is 29.3 Å². The summed E-state index contributed by atoms with van der Waals surface area (Å²) in [5, 5.41) is 20.2. The summed E-state index contributed by atoms with van der Waals surface area (Å²) in [5.74, 6) is -2.90. The first-order valence-corrected chi connectivity index (χ1v) is 13.6. The lowest BCUT2D eigenvalue weighted by Crippen LogP contribution is -2.40. The van der Waals surface area contributed by atoms with E-state index in [9.17, 15) is 19.8 Å². The number of thiol groups is 3. The number of allylic oxidation sites excluding steroid dienone is 7. The summed E-state index contributed by atoms with van der Waals surface area (Å²) in [6.45, 7) is 5.66. The van der Waals surface area contributed by atoms with E-state index in [0.717, 1.165) is 0 Å². The van der Waals surface area contributed by atoms with Crippen LogP contribution in [-0.2, 0) is 19.1 Å². The minimum absolute atomic E-state index is 0.0110. The van der Waals surface area contributed by atoms with Gasteiger partial charge in [0.25, 0.3) is 0 Å². The molecule has 0 aromatic rings. The van der Waals surface area contributed by atoms with Gasteiger partial charge in [-0.1, -0.05) is 62.2 Å². The van der Waals surface area contributed by atoms with Crippen molar-refractivity contribution in [2.45, 2.75) is 49.9 Å². The number of esters is 1. The van der Waals surface area contributed by atoms with Crippen molar-refractivity contribution in [3.63, 3.8) is 0 Å². The minimum atomic E-state index is -1.47. The Hall–Kier alpha value is -0.840. The number of carbonyl (C=O) groups excluding carboxylic acids is 2. The molecule has 6 nitrogen and oxygen atoms in total. The lowest BCUT2D eigenvalue weighted by Gasteiger charge is -2.42. The molecule has 2 N–H and O–H groups in total. The van der Waals surface area contributed by atoms with Crippen molar-refractivity contribution in [1.82, 2.24) is 0 Å². The van der Waals surface area contributed by atoms with Gasteiger partial charge in [0.1, 0.15) is 21.8 Å². The van der Waals surface area contributed by atoms with Crippen molar-refractivity contribution in [2.75, 3.05) is 12.5 Å². The SMILES string of the molecule is CC[C@H]1[C@@H]2C(O)=C(Cl)C(=O)[C@H](S)C(=O)O[C@@H](C)/C=C/C=C\[C@@H](C)[C@@H]2C=C[C@@H]1C[C@](O)(S)COCS. The number of rotatable bonds is 6. The highest BCUT2D eigenvalue weighted by Crippen LogP contribution is 2.47. The van der Waals surface area contributed by atoms with Crippen LogP contribution in [0.3, 0.4) is 0 Å². The molecule has 0 bridgehead atoms. The molecular weight excluding hydrogens is 528 g/mol. The molecule has 0 radical (unpaired) electrons. The molecule has 1 aliphatic heterocycles. The number of ketones is 1. The van der Waals surface area contributed by atoms with E-state index in [1.165, 1.54) is 0 Å². The number of Topliss-reactive ketones (excluding diaryl/α,β-unsaturated/α-hetero) is 1. The molecule has 0 saturated carbocycles. The molecule has 2 aliphatic rings. The maximum atomic E-state index is 13.0. The summed E-state index contributed by atoms with van der Waals surface area (Å²) in [6, 6.07) is 0. The molecule has 2 rings (SSSR count). The second kappa shape index (κ2) is 13.6. The van der Waals surface area contributed by atoms with Crippen LogP contribution in [0.1, 0.15) is 33.6 Å². The quantitative estimate of drug-likeness (QED) is 0.104. The molecule has 10 heteroatoms. The van der Waals surface area contributed by atoms with Crippen LogP contribution >= 0.6 is 49.5 Å². The van der Waals surface area contributed by atoms with Gasteiger partial charge in [-0.05, 0) is 43.1 Å². The zero-order valence-electron chi connectivity index (χ0n) is 20.1. The zero-order valence-corrected chi connectivity index (χ0v) is 23.5. The van der Waals surface area contributed by atoms with E-state index in [1.807, 2.05) is 38.2 Å². The number of fused-ring (bicyclic) bond motifs is 1. The third-order valence-electron chi connectivity index (χ3n) is 6.51. The number of carbonyl (C=O) groups is 2. The summed E-state index contributed by atoms with van der Waals surface area (Å²) in [5.41, 5.74) is 0. The lowest BCUT2D eigenvalue weighted by molar-refractivity contribution is -0.146. The molecule has 0 aromatic carbocycles. The normalized spacial score (nSPS) is 36.1. The van der Waals surface area contributed by atoms with Crippen LogP contribution < -0.4 is 0 Å². The summed E-state index contributed by atoms with van der Waals surface area (Å²) in [6.07, 6.45) is 11.7. The Morgan fingerprint density at radius 3 is 2.46 bits per heavy atom. The van der Waals surface area contributed by atoms with Gasteiger partial charge in [-0.2, -0.15) is 25.3 Å². The number of aliphatic hydroxyl groups is 2. The molecule has 1 aliphatic carbocycles. The van der Waals surface area contributed by atoms with Gasteiger partial charge >= 0.3 is 5.97 Å². The molecule has 1 heterocycles. The second-order valence-electron chi connectivity index (χ2n) is 9.13. The first-order valence-electron chi connectivity index (χ1n) is 11.6. The molecule has 0 aromatic heterocycles. The largest absolute Gasteiger partial charge is 0.510 e. The number of cyclic esters (lactones) is 1. The van der Waals surface area contributed by atoms with Crippen molar-refractivity contribution in [3.8, 4) is 0 Å². The molecule has 0 fully saturated rings. The van der Waals surface area contributed by atoms with E-state index >= 15 is 0 Å². The number of hydrogen-bond acceptors (Lipinski definition) is 9. The average Bonchev–Trinajstić information content (AvgIpc) is 2.82. The first-order chi connectivity index (χ1) is 16.4. The number of halogens is 1. The molecule has 0 saturated heterocycles. The fraction of sp³-hybridized carbons (Fsp3) is 0.600. The van der Waals surface area contributed by atoms with Crippen LogP contribution in [-0.4, -0.2) is 50.8 Å². The molecule has 8 atom stereocenters. The number of aliphatic hydroxyl groups excluding tert-OH is 1. The Morgan fingerprint density at radius 1 is 1.17 bits per heavy atom. The maximum absolute atomic E-state index is 13.0. The van der Waals surface area contributed by atoms with Gasteiger partial charge in [0, 0.05) is 5.92 Å². The molecular formula is C25H35ClO6S3. The van der Waals surface area contributed by atoms with Crippen LogP contribution in [0.5, 0.6) is 0 Å². The van der Waals surface area contributed by atoms with E-state index in [0.29, 0.717) is 6.42 Å². The van der Waals surface area contributed by atoms with Gasteiger partial charge in [0.15, 0.2) is 5.25 Å². The minimum Gasteiger partial charge on any atom is -0.510 e. The van der Waals surface area contributed by atoms with Gasteiger partial charge in [-0.25, -0.2) is 0 Å². The Kier molecular flexibility index (Phi) is 11.8. The first kappa shape index (κ1) is 30.4. The molecule has 0 unspecified atom stereocenters. The van der Waals surface area contributed by atoms with Crippen molar-refractivity contribution in [1.29, 1.82) is 0 Å². The fourth-order valence-corrected chi connectivity index (χ4v) is 5.66. The second-order valence-corrected chi connectivity index (χ2v) is 11.1. The van der Waals surface area contributed by atoms with Gasteiger partial charge in [0.2, 0.25) is 5.78 Å². The van der Waals surface area contributed by atoms with Crippen molar-refractivity contribution in [3.05, 3.63) is 47.2 Å². The Morgan fingerprint density at radius 2 is 1.83 bits per heavy atom.